The van der Waals surface area contributed by atoms with Gasteiger partial charge in [0.05, 0.1) is 6.04 Å². The number of rotatable bonds is 6. The van der Waals surface area contributed by atoms with Crippen molar-refractivity contribution in [2.45, 2.75) is 72.4 Å². The summed E-state index contributed by atoms with van der Waals surface area (Å²) in [5.41, 5.74) is 5.18. The van der Waals surface area contributed by atoms with E-state index in [9.17, 15) is 4.79 Å². The van der Waals surface area contributed by atoms with Crippen LogP contribution in [0.4, 0.5) is 0 Å². The molecule has 0 aliphatic carbocycles. The fourth-order valence-electron chi connectivity index (χ4n) is 1.81. The third-order valence-corrected chi connectivity index (χ3v) is 2.61. The monoisotopic (exact) mass is 242 g/mol. The number of nitrogens with two attached hydrogens (primary N) is 1. The van der Waals surface area contributed by atoms with E-state index in [1.165, 1.54) is 0 Å². The molecule has 0 aromatic carbocycles. The minimum absolute atomic E-state index is 0.0334. The lowest BCUT2D eigenvalue weighted by atomic mass is 9.84. The van der Waals surface area contributed by atoms with Crippen molar-refractivity contribution in [3.8, 4) is 0 Å². The van der Waals surface area contributed by atoms with Crippen molar-refractivity contribution in [1.82, 2.24) is 5.32 Å². The summed E-state index contributed by atoms with van der Waals surface area (Å²) >= 11 is 0. The first kappa shape index (κ1) is 16.6. The van der Waals surface area contributed by atoms with Crippen LogP contribution in [0.3, 0.4) is 0 Å². The molecule has 0 spiro atoms. The number of nitrogens with one attached hydrogen (secondary N) is 1. The van der Waals surface area contributed by atoms with Crippen molar-refractivity contribution in [2.75, 3.05) is 6.54 Å². The third-order valence-electron chi connectivity index (χ3n) is 2.61. The predicted octanol–water partition coefficient (Wildman–Crippen LogP) is 2.49. The lowest BCUT2D eigenvalue weighted by Gasteiger charge is -2.31. The SMILES string of the molecule is CC(C)(C)NC(CCCCN)C(=O)C(C)(C)C. The van der Waals surface area contributed by atoms with E-state index < -0.39 is 0 Å². The van der Waals surface area contributed by atoms with Gasteiger partial charge in [0.2, 0.25) is 0 Å². The van der Waals surface area contributed by atoms with Gasteiger partial charge in [-0.15, -0.1) is 0 Å². The molecule has 3 heteroatoms. The normalized spacial score (nSPS) is 14.8. The van der Waals surface area contributed by atoms with E-state index >= 15 is 0 Å². The zero-order chi connectivity index (χ0) is 13.7. The molecule has 0 fully saturated rings. The lowest BCUT2D eigenvalue weighted by Crippen LogP contribution is -2.50. The molecule has 0 aromatic heterocycles. The van der Waals surface area contributed by atoms with E-state index in [1.807, 2.05) is 20.8 Å². The van der Waals surface area contributed by atoms with E-state index in [4.69, 9.17) is 5.73 Å². The fourth-order valence-corrected chi connectivity index (χ4v) is 1.81. The van der Waals surface area contributed by atoms with Crippen molar-refractivity contribution in [3.05, 3.63) is 0 Å². The summed E-state index contributed by atoms with van der Waals surface area (Å²) in [4.78, 5) is 12.3. The van der Waals surface area contributed by atoms with Gasteiger partial charge < -0.3 is 11.1 Å². The minimum Gasteiger partial charge on any atom is -0.330 e. The number of Topliss-reactive ketones (excluding diaryl/α,β-unsaturated/α-hetero) is 1. The Labute approximate surface area is 107 Å². The Morgan fingerprint density at radius 1 is 1.12 bits per heavy atom. The number of unbranched alkanes of at least 4 members (excludes halogenated alkanes) is 1. The van der Waals surface area contributed by atoms with E-state index in [0.717, 1.165) is 19.3 Å². The summed E-state index contributed by atoms with van der Waals surface area (Å²) in [5, 5.41) is 3.43. The zero-order valence-electron chi connectivity index (χ0n) is 12.4. The molecule has 1 unspecified atom stereocenters. The Morgan fingerprint density at radius 3 is 2.00 bits per heavy atom. The number of carbonyl (C=O) groups excluding carboxylic acids is 1. The van der Waals surface area contributed by atoms with E-state index in [2.05, 4.69) is 26.1 Å². The van der Waals surface area contributed by atoms with Gasteiger partial charge in [-0.05, 0) is 40.2 Å². The largest absolute Gasteiger partial charge is 0.330 e. The molecular weight excluding hydrogens is 212 g/mol. The first-order valence-corrected chi connectivity index (χ1v) is 6.60. The highest BCUT2D eigenvalue weighted by Gasteiger charge is 2.31. The van der Waals surface area contributed by atoms with Gasteiger partial charge in [-0.1, -0.05) is 27.2 Å². The summed E-state index contributed by atoms with van der Waals surface area (Å²) in [6.45, 7) is 12.9. The van der Waals surface area contributed by atoms with Gasteiger partial charge in [0, 0.05) is 11.0 Å². The molecule has 0 aliphatic heterocycles. The molecule has 3 nitrogen and oxygen atoms in total. The van der Waals surface area contributed by atoms with Crippen LogP contribution >= 0.6 is 0 Å². The molecule has 0 radical (unpaired) electrons. The van der Waals surface area contributed by atoms with E-state index in [-0.39, 0.29) is 17.0 Å². The maximum Gasteiger partial charge on any atom is 0.155 e. The Hall–Kier alpha value is -0.410. The van der Waals surface area contributed by atoms with E-state index in [1.54, 1.807) is 0 Å². The van der Waals surface area contributed by atoms with Gasteiger partial charge in [0.25, 0.3) is 0 Å². The zero-order valence-corrected chi connectivity index (χ0v) is 12.4. The van der Waals surface area contributed by atoms with Gasteiger partial charge in [-0.3, -0.25) is 4.79 Å². The molecule has 3 N–H and O–H groups in total. The quantitative estimate of drug-likeness (QED) is 0.704. The summed E-state index contributed by atoms with van der Waals surface area (Å²) in [6, 6.07) is -0.0541. The van der Waals surface area contributed by atoms with Crippen LogP contribution in [0.15, 0.2) is 0 Å². The average molecular weight is 242 g/mol. The van der Waals surface area contributed by atoms with Crippen molar-refractivity contribution < 1.29 is 4.79 Å². The highest BCUT2D eigenvalue weighted by Crippen LogP contribution is 2.20. The van der Waals surface area contributed by atoms with Crippen LogP contribution in [-0.4, -0.2) is 23.9 Å². The van der Waals surface area contributed by atoms with Crippen LogP contribution in [0.2, 0.25) is 0 Å². The number of carbonyl (C=O) groups is 1. The van der Waals surface area contributed by atoms with Crippen molar-refractivity contribution in [1.29, 1.82) is 0 Å². The molecule has 0 aliphatic rings. The van der Waals surface area contributed by atoms with Crippen molar-refractivity contribution >= 4 is 5.78 Å². The van der Waals surface area contributed by atoms with Crippen molar-refractivity contribution in [3.63, 3.8) is 0 Å². The average Bonchev–Trinajstić information content (AvgIpc) is 2.12. The number of hydrogen-bond acceptors (Lipinski definition) is 3. The molecule has 0 bridgehead atoms. The van der Waals surface area contributed by atoms with Gasteiger partial charge in [-0.2, -0.15) is 0 Å². The Morgan fingerprint density at radius 2 is 1.65 bits per heavy atom. The molecule has 0 heterocycles. The minimum atomic E-state index is -0.286. The van der Waals surface area contributed by atoms with Crippen LogP contribution in [0, 0.1) is 5.41 Å². The second-order valence-electron chi connectivity index (χ2n) is 6.85. The molecule has 17 heavy (non-hydrogen) atoms. The predicted molar refractivity (Wildman–Crippen MR) is 74.0 cm³/mol. The first-order valence-electron chi connectivity index (χ1n) is 6.60. The lowest BCUT2D eigenvalue weighted by molar-refractivity contribution is -0.129. The molecule has 0 aromatic rings. The van der Waals surface area contributed by atoms with Crippen LogP contribution in [-0.2, 0) is 4.79 Å². The second-order valence-corrected chi connectivity index (χ2v) is 6.85. The highest BCUT2D eigenvalue weighted by atomic mass is 16.1. The van der Waals surface area contributed by atoms with Crippen LogP contribution in [0.1, 0.15) is 60.8 Å². The smallest absolute Gasteiger partial charge is 0.155 e. The van der Waals surface area contributed by atoms with Crippen molar-refractivity contribution in [2.24, 2.45) is 11.1 Å². The first-order chi connectivity index (χ1) is 7.58. The van der Waals surface area contributed by atoms with Crippen LogP contribution < -0.4 is 11.1 Å². The summed E-state index contributed by atoms with van der Waals surface area (Å²) in [7, 11) is 0. The Balaban J connectivity index is 4.56. The third kappa shape index (κ3) is 7.50. The molecule has 0 saturated carbocycles. The van der Waals surface area contributed by atoms with E-state index in [0.29, 0.717) is 12.3 Å². The van der Waals surface area contributed by atoms with Gasteiger partial charge in [0.15, 0.2) is 5.78 Å². The van der Waals surface area contributed by atoms with Gasteiger partial charge in [-0.25, -0.2) is 0 Å². The molecule has 1 atom stereocenters. The maximum atomic E-state index is 12.3. The van der Waals surface area contributed by atoms with Crippen LogP contribution in [0.25, 0.3) is 0 Å². The Bertz CT molecular complexity index is 236. The molecule has 102 valence electrons. The fraction of sp³-hybridized carbons (Fsp3) is 0.929. The molecular formula is C14H30N2O. The maximum absolute atomic E-state index is 12.3. The molecule has 0 saturated heterocycles. The van der Waals surface area contributed by atoms with Gasteiger partial charge >= 0.3 is 0 Å². The standard InChI is InChI=1S/C14H30N2O/c1-13(2,3)12(17)11(9-7-8-10-15)16-14(4,5)6/h11,16H,7-10,15H2,1-6H3. The molecule has 0 rings (SSSR count). The Kier molecular flexibility index (Phi) is 6.35. The summed E-state index contributed by atoms with van der Waals surface area (Å²) < 4.78 is 0. The number of ketones is 1. The summed E-state index contributed by atoms with van der Waals surface area (Å²) in [6.07, 6.45) is 2.87. The highest BCUT2D eigenvalue weighted by molar-refractivity contribution is 5.88. The van der Waals surface area contributed by atoms with Gasteiger partial charge in [0.1, 0.15) is 0 Å². The number of hydrogen-bond donors (Lipinski definition) is 2. The van der Waals surface area contributed by atoms with Crippen LogP contribution in [0.5, 0.6) is 0 Å². The second kappa shape index (κ2) is 6.50. The topological polar surface area (TPSA) is 55.1 Å². The molecule has 0 amide bonds. The summed E-state index contributed by atoms with van der Waals surface area (Å²) in [5.74, 6) is 0.296.